The van der Waals surface area contributed by atoms with Crippen LogP contribution >= 0.6 is 11.8 Å². The third-order valence-electron chi connectivity index (χ3n) is 6.24. The fraction of sp³-hybridized carbons (Fsp3) is 0.789. The van der Waals surface area contributed by atoms with Crippen LogP contribution in [0.3, 0.4) is 0 Å². The van der Waals surface area contributed by atoms with E-state index in [4.69, 9.17) is 4.98 Å². The Morgan fingerprint density at radius 3 is 2.50 bits per heavy atom. The summed E-state index contributed by atoms with van der Waals surface area (Å²) in [5.41, 5.74) is 2.36. The van der Waals surface area contributed by atoms with Crippen LogP contribution in [0.1, 0.15) is 57.0 Å². The highest BCUT2D eigenvalue weighted by molar-refractivity contribution is 8.00. The highest BCUT2D eigenvalue weighted by Crippen LogP contribution is 2.52. The Kier molecular flexibility index (Phi) is 5.01. The molecule has 0 N–H and O–H groups in total. The van der Waals surface area contributed by atoms with E-state index in [1.165, 1.54) is 31.4 Å². The predicted molar refractivity (Wildman–Crippen MR) is 99.4 cm³/mol. The summed E-state index contributed by atoms with van der Waals surface area (Å²) in [6.45, 7) is 8.61. The Labute approximate surface area is 150 Å². The van der Waals surface area contributed by atoms with Crippen LogP contribution in [0.5, 0.6) is 0 Å². The van der Waals surface area contributed by atoms with Crippen LogP contribution in [0.4, 0.5) is 0 Å². The molecule has 1 aromatic rings. The molecule has 5 heteroatoms. The van der Waals surface area contributed by atoms with Crippen LogP contribution in [-0.4, -0.2) is 39.7 Å². The van der Waals surface area contributed by atoms with Crippen LogP contribution in [-0.2, 0) is 4.79 Å². The minimum atomic E-state index is -0.104. The molecule has 0 aromatic carbocycles. The molecule has 0 radical (unpaired) electrons. The monoisotopic (exact) mass is 349 g/mol. The number of nitrogens with zero attached hydrogens (tertiary/aromatic N) is 3. The van der Waals surface area contributed by atoms with E-state index in [9.17, 15) is 4.79 Å². The summed E-state index contributed by atoms with van der Waals surface area (Å²) in [4.78, 5) is 18.7. The normalized spacial score (nSPS) is 28.2. The minimum absolute atomic E-state index is 0.104. The molecule has 2 bridgehead atoms. The maximum absolute atomic E-state index is 12.2. The third-order valence-corrected chi connectivity index (χ3v) is 7.30. The second-order valence-corrected chi connectivity index (χ2v) is 9.32. The summed E-state index contributed by atoms with van der Waals surface area (Å²) >= 11 is 1.61. The van der Waals surface area contributed by atoms with Gasteiger partial charge in [0.15, 0.2) is 5.16 Å². The van der Waals surface area contributed by atoms with Crippen LogP contribution in [0, 0.1) is 31.6 Å². The molecular weight excluding hydrogens is 318 g/mol. The largest absolute Gasteiger partial charge is 0.348 e. The van der Waals surface area contributed by atoms with Gasteiger partial charge in [0.25, 0.3) is 0 Å². The maximum atomic E-state index is 12.2. The van der Waals surface area contributed by atoms with Gasteiger partial charge in [0.2, 0.25) is 5.91 Å². The van der Waals surface area contributed by atoms with E-state index in [1.54, 1.807) is 16.7 Å². The number of hydrogen-bond acceptors (Lipinski definition) is 3. The number of thioether (sulfide) groups is 1. The fourth-order valence-electron chi connectivity index (χ4n) is 4.81. The summed E-state index contributed by atoms with van der Waals surface area (Å²) in [5, 5.41) is 0.912. The number of imidazole rings is 1. The Hall–Kier alpha value is -0.970. The van der Waals surface area contributed by atoms with Gasteiger partial charge in [-0.05, 0) is 64.7 Å². The lowest BCUT2D eigenvalue weighted by Crippen LogP contribution is -2.30. The Bertz CT molecular complexity index is 624. The average molecular weight is 350 g/mol. The molecule has 2 aliphatic carbocycles. The number of rotatable bonds is 5. The van der Waals surface area contributed by atoms with Gasteiger partial charge in [-0.1, -0.05) is 18.2 Å². The van der Waals surface area contributed by atoms with Crippen LogP contribution < -0.4 is 0 Å². The summed E-state index contributed by atoms with van der Waals surface area (Å²) in [6, 6.07) is 0.477. The highest BCUT2D eigenvalue weighted by Gasteiger charge is 2.43. The molecule has 1 aromatic heterocycles. The Morgan fingerprint density at radius 2 is 1.96 bits per heavy atom. The maximum Gasteiger partial charge on any atom is 0.235 e. The SMILES string of the molecule is Cc1nc(S[C@H](C)C(=O)N(C)C)n([C@H](C)[C@@H]2C[C@H]3CC[C@H]2C3)c1C. The molecule has 1 amide bonds. The van der Waals surface area contributed by atoms with Gasteiger partial charge in [-0.2, -0.15) is 0 Å². The quantitative estimate of drug-likeness (QED) is 0.752. The molecule has 134 valence electrons. The van der Waals surface area contributed by atoms with Crippen molar-refractivity contribution in [3.05, 3.63) is 11.4 Å². The van der Waals surface area contributed by atoms with Gasteiger partial charge in [-0.15, -0.1) is 0 Å². The lowest BCUT2D eigenvalue weighted by atomic mass is 9.84. The molecule has 1 heterocycles. The zero-order valence-electron chi connectivity index (χ0n) is 15.9. The number of fused-ring (bicyclic) bond motifs is 2. The first-order valence-electron chi connectivity index (χ1n) is 9.22. The molecule has 0 unspecified atom stereocenters. The van der Waals surface area contributed by atoms with E-state index in [2.05, 4.69) is 25.3 Å². The van der Waals surface area contributed by atoms with Gasteiger partial charge in [0, 0.05) is 25.8 Å². The first kappa shape index (κ1) is 17.8. The number of carbonyl (C=O) groups excluding carboxylic acids is 1. The molecule has 2 saturated carbocycles. The van der Waals surface area contributed by atoms with Crippen molar-refractivity contribution in [2.24, 2.45) is 17.8 Å². The van der Waals surface area contributed by atoms with E-state index in [0.29, 0.717) is 6.04 Å². The molecule has 3 rings (SSSR count). The molecule has 0 spiro atoms. The van der Waals surface area contributed by atoms with Crippen molar-refractivity contribution < 1.29 is 4.79 Å². The second-order valence-electron chi connectivity index (χ2n) is 8.01. The molecule has 0 aliphatic heterocycles. The third kappa shape index (κ3) is 3.12. The Balaban J connectivity index is 1.83. The number of carbonyl (C=O) groups is 1. The van der Waals surface area contributed by atoms with Crippen molar-refractivity contribution in [3.8, 4) is 0 Å². The Morgan fingerprint density at radius 1 is 1.25 bits per heavy atom. The fourth-order valence-corrected chi connectivity index (χ4v) is 6.04. The van der Waals surface area contributed by atoms with Crippen LogP contribution in [0.25, 0.3) is 0 Å². The summed E-state index contributed by atoms with van der Waals surface area (Å²) in [5.74, 6) is 2.77. The van der Waals surface area contributed by atoms with Crippen molar-refractivity contribution in [2.75, 3.05) is 14.1 Å². The van der Waals surface area contributed by atoms with Crippen molar-refractivity contribution >= 4 is 17.7 Å². The summed E-state index contributed by atoms with van der Waals surface area (Å²) in [6.07, 6.45) is 5.65. The number of aromatic nitrogens is 2. The van der Waals surface area contributed by atoms with Crippen molar-refractivity contribution in [3.63, 3.8) is 0 Å². The standard InChI is InChI=1S/C19H31N3OS/c1-11-12(2)22(13(3)17-10-15-7-8-16(17)9-15)19(20-11)24-14(4)18(23)21(5)6/h13-17H,7-10H2,1-6H3/t13-,14-,15+,16+,17+/m1/s1. The van der Waals surface area contributed by atoms with Gasteiger partial charge in [0.05, 0.1) is 10.9 Å². The van der Waals surface area contributed by atoms with E-state index in [1.807, 2.05) is 21.0 Å². The molecule has 5 atom stereocenters. The van der Waals surface area contributed by atoms with Gasteiger partial charge < -0.3 is 9.47 Å². The molecular formula is C19H31N3OS. The summed E-state index contributed by atoms with van der Waals surface area (Å²) in [7, 11) is 3.64. The van der Waals surface area contributed by atoms with Crippen LogP contribution in [0.15, 0.2) is 5.16 Å². The minimum Gasteiger partial charge on any atom is -0.348 e. The second kappa shape index (κ2) is 6.74. The zero-order valence-corrected chi connectivity index (χ0v) is 16.7. The number of amides is 1. The molecule has 24 heavy (non-hydrogen) atoms. The predicted octanol–water partition coefficient (Wildman–Crippen LogP) is 4.07. The van der Waals surface area contributed by atoms with Crippen molar-refractivity contribution in [1.29, 1.82) is 0 Å². The average Bonchev–Trinajstić information content (AvgIpc) is 3.22. The first-order chi connectivity index (χ1) is 11.3. The van der Waals surface area contributed by atoms with Gasteiger partial charge in [0.1, 0.15) is 0 Å². The molecule has 4 nitrogen and oxygen atoms in total. The summed E-state index contributed by atoms with van der Waals surface area (Å²) < 4.78 is 2.42. The van der Waals surface area contributed by atoms with E-state index in [-0.39, 0.29) is 11.2 Å². The highest BCUT2D eigenvalue weighted by atomic mass is 32.2. The van der Waals surface area contributed by atoms with Crippen molar-refractivity contribution in [2.45, 2.75) is 69.8 Å². The van der Waals surface area contributed by atoms with Gasteiger partial charge >= 0.3 is 0 Å². The van der Waals surface area contributed by atoms with E-state index < -0.39 is 0 Å². The lowest BCUT2D eigenvalue weighted by Gasteiger charge is -2.31. The van der Waals surface area contributed by atoms with Gasteiger partial charge in [-0.3, -0.25) is 4.79 Å². The van der Waals surface area contributed by atoms with Crippen LogP contribution in [0.2, 0.25) is 0 Å². The van der Waals surface area contributed by atoms with Crippen molar-refractivity contribution in [1.82, 2.24) is 14.5 Å². The van der Waals surface area contributed by atoms with Gasteiger partial charge in [-0.25, -0.2) is 4.98 Å². The topological polar surface area (TPSA) is 38.1 Å². The lowest BCUT2D eigenvalue weighted by molar-refractivity contribution is -0.127. The number of aryl methyl sites for hydroxylation is 1. The number of hydrogen-bond donors (Lipinski definition) is 0. The molecule has 0 saturated heterocycles. The smallest absolute Gasteiger partial charge is 0.235 e. The zero-order chi connectivity index (χ0) is 17.6. The van der Waals surface area contributed by atoms with E-state index in [0.717, 1.165) is 28.6 Å². The molecule has 2 aliphatic rings. The first-order valence-corrected chi connectivity index (χ1v) is 10.1. The van der Waals surface area contributed by atoms with E-state index >= 15 is 0 Å². The molecule has 2 fully saturated rings.